The molecule has 0 aromatic heterocycles. The fourth-order valence-corrected chi connectivity index (χ4v) is 2.36. The molecule has 120 valence electrons. The van der Waals surface area contributed by atoms with Crippen LogP contribution in [0.5, 0.6) is 0 Å². The van der Waals surface area contributed by atoms with Crippen molar-refractivity contribution >= 4 is 29.1 Å². The van der Waals surface area contributed by atoms with Gasteiger partial charge in [-0.1, -0.05) is 48.0 Å². The number of nitrogens with zero attached hydrogens (tertiary/aromatic N) is 1. The van der Waals surface area contributed by atoms with Gasteiger partial charge in [-0.3, -0.25) is 9.59 Å². The van der Waals surface area contributed by atoms with Crippen LogP contribution in [0.3, 0.4) is 0 Å². The number of rotatable bonds is 5. The van der Waals surface area contributed by atoms with Gasteiger partial charge in [-0.15, -0.1) is 0 Å². The zero-order valence-electron chi connectivity index (χ0n) is 13.2. The monoisotopic (exact) mass is 330 g/mol. The topological polar surface area (TPSA) is 49.4 Å². The SMILES string of the molecule is CC(=O)N(C)Cc1ccccc1NC(=O)Cc1ccccc1Cl. The number of para-hydroxylation sites is 1. The van der Waals surface area contributed by atoms with Crippen LogP contribution in [0.15, 0.2) is 48.5 Å². The Morgan fingerprint density at radius 1 is 1.04 bits per heavy atom. The van der Waals surface area contributed by atoms with E-state index in [1.165, 1.54) is 6.92 Å². The molecule has 4 nitrogen and oxygen atoms in total. The molecule has 0 aliphatic heterocycles. The molecule has 0 radical (unpaired) electrons. The first kappa shape index (κ1) is 17.0. The summed E-state index contributed by atoms with van der Waals surface area (Å²) in [4.78, 5) is 25.2. The molecule has 0 aliphatic carbocycles. The highest BCUT2D eigenvalue weighted by molar-refractivity contribution is 6.31. The molecule has 2 aromatic rings. The molecule has 0 unspecified atom stereocenters. The predicted octanol–water partition coefficient (Wildman–Crippen LogP) is 3.50. The minimum Gasteiger partial charge on any atom is -0.342 e. The quantitative estimate of drug-likeness (QED) is 0.912. The number of hydrogen-bond acceptors (Lipinski definition) is 2. The zero-order valence-corrected chi connectivity index (χ0v) is 13.9. The highest BCUT2D eigenvalue weighted by Gasteiger charge is 2.11. The van der Waals surface area contributed by atoms with E-state index in [4.69, 9.17) is 11.6 Å². The van der Waals surface area contributed by atoms with E-state index in [0.29, 0.717) is 17.3 Å². The zero-order chi connectivity index (χ0) is 16.8. The number of anilines is 1. The van der Waals surface area contributed by atoms with Crippen LogP contribution in [0.4, 0.5) is 5.69 Å². The Bertz CT molecular complexity index is 716. The maximum Gasteiger partial charge on any atom is 0.228 e. The number of carbonyl (C=O) groups excluding carboxylic acids is 2. The van der Waals surface area contributed by atoms with E-state index < -0.39 is 0 Å². The van der Waals surface area contributed by atoms with Gasteiger partial charge in [-0.25, -0.2) is 0 Å². The standard InChI is InChI=1S/C18H19ClN2O2/c1-13(22)21(2)12-15-8-4-6-10-17(15)20-18(23)11-14-7-3-5-9-16(14)19/h3-10H,11-12H2,1-2H3,(H,20,23). The lowest BCUT2D eigenvalue weighted by atomic mass is 10.1. The summed E-state index contributed by atoms with van der Waals surface area (Å²) in [5, 5.41) is 3.47. The highest BCUT2D eigenvalue weighted by Crippen LogP contribution is 2.19. The van der Waals surface area contributed by atoms with Crippen LogP contribution in [-0.4, -0.2) is 23.8 Å². The number of benzene rings is 2. The first-order valence-corrected chi connectivity index (χ1v) is 7.68. The first-order chi connectivity index (χ1) is 11.0. The van der Waals surface area contributed by atoms with Crippen LogP contribution in [0.2, 0.25) is 5.02 Å². The molecule has 0 heterocycles. The minimum absolute atomic E-state index is 0.0257. The van der Waals surface area contributed by atoms with Gasteiger partial charge >= 0.3 is 0 Å². The van der Waals surface area contributed by atoms with Crippen LogP contribution >= 0.6 is 11.6 Å². The van der Waals surface area contributed by atoms with Crippen molar-refractivity contribution in [3.05, 3.63) is 64.7 Å². The van der Waals surface area contributed by atoms with E-state index in [9.17, 15) is 9.59 Å². The van der Waals surface area contributed by atoms with Gasteiger partial charge in [0.1, 0.15) is 0 Å². The second kappa shape index (κ2) is 7.79. The van der Waals surface area contributed by atoms with Crippen LogP contribution in [-0.2, 0) is 22.6 Å². The smallest absolute Gasteiger partial charge is 0.228 e. The lowest BCUT2D eigenvalue weighted by Gasteiger charge is -2.18. The maximum absolute atomic E-state index is 12.3. The number of halogens is 1. The van der Waals surface area contributed by atoms with Crippen molar-refractivity contribution in [3.63, 3.8) is 0 Å². The molecular formula is C18H19ClN2O2. The van der Waals surface area contributed by atoms with Gasteiger partial charge in [-0.05, 0) is 23.3 Å². The summed E-state index contributed by atoms with van der Waals surface area (Å²) in [6.07, 6.45) is 0.205. The van der Waals surface area contributed by atoms with Crippen molar-refractivity contribution < 1.29 is 9.59 Å². The summed E-state index contributed by atoms with van der Waals surface area (Å²) in [6.45, 7) is 1.95. The molecule has 0 saturated heterocycles. The second-order valence-electron chi connectivity index (χ2n) is 5.35. The molecule has 0 saturated carbocycles. The van der Waals surface area contributed by atoms with Gasteiger partial charge in [0.15, 0.2) is 0 Å². The molecule has 0 fully saturated rings. The molecule has 2 rings (SSSR count). The summed E-state index contributed by atoms with van der Waals surface area (Å²) >= 11 is 6.08. The van der Waals surface area contributed by atoms with Gasteiger partial charge in [0.05, 0.1) is 6.42 Å². The van der Waals surface area contributed by atoms with E-state index in [1.54, 1.807) is 18.0 Å². The van der Waals surface area contributed by atoms with Crippen molar-refractivity contribution in [1.82, 2.24) is 4.90 Å². The van der Waals surface area contributed by atoms with Crippen molar-refractivity contribution in [2.45, 2.75) is 19.9 Å². The largest absolute Gasteiger partial charge is 0.342 e. The predicted molar refractivity (Wildman–Crippen MR) is 92.4 cm³/mol. The fraction of sp³-hybridized carbons (Fsp3) is 0.222. The van der Waals surface area contributed by atoms with E-state index in [-0.39, 0.29) is 18.2 Å². The van der Waals surface area contributed by atoms with Crippen molar-refractivity contribution in [2.24, 2.45) is 0 Å². The third-order valence-electron chi connectivity index (χ3n) is 3.55. The minimum atomic E-state index is -0.143. The Kier molecular flexibility index (Phi) is 5.77. The van der Waals surface area contributed by atoms with E-state index in [0.717, 1.165) is 11.1 Å². The van der Waals surface area contributed by atoms with Gasteiger partial charge < -0.3 is 10.2 Å². The van der Waals surface area contributed by atoms with Gasteiger partial charge in [0.25, 0.3) is 0 Å². The number of hydrogen-bond donors (Lipinski definition) is 1. The van der Waals surface area contributed by atoms with E-state index >= 15 is 0 Å². The Balaban J connectivity index is 2.09. The Hall–Kier alpha value is -2.33. The molecule has 0 spiro atoms. The van der Waals surface area contributed by atoms with Crippen molar-refractivity contribution in [3.8, 4) is 0 Å². The van der Waals surface area contributed by atoms with Crippen LogP contribution in [0.25, 0.3) is 0 Å². The van der Waals surface area contributed by atoms with Crippen molar-refractivity contribution in [1.29, 1.82) is 0 Å². The number of nitrogens with one attached hydrogen (secondary N) is 1. The summed E-state index contributed by atoms with van der Waals surface area (Å²) in [5.41, 5.74) is 2.38. The van der Waals surface area contributed by atoms with Crippen LogP contribution < -0.4 is 5.32 Å². The maximum atomic E-state index is 12.3. The number of carbonyl (C=O) groups is 2. The summed E-state index contributed by atoms with van der Waals surface area (Å²) in [6, 6.07) is 14.7. The fourth-order valence-electron chi connectivity index (χ4n) is 2.16. The Labute approximate surface area is 141 Å². The summed E-state index contributed by atoms with van der Waals surface area (Å²) < 4.78 is 0. The Morgan fingerprint density at radius 3 is 2.30 bits per heavy atom. The molecule has 0 bridgehead atoms. The number of amides is 2. The molecule has 0 atom stereocenters. The third-order valence-corrected chi connectivity index (χ3v) is 3.91. The first-order valence-electron chi connectivity index (χ1n) is 7.30. The van der Waals surface area contributed by atoms with E-state index in [2.05, 4.69) is 5.32 Å². The lowest BCUT2D eigenvalue weighted by Crippen LogP contribution is -2.24. The van der Waals surface area contributed by atoms with E-state index in [1.807, 2.05) is 42.5 Å². The average molecular weight is 331 g/mol. The third kappa shape index (κ3) is 4.83. The molecule has 23 heavy (non-hydrogen) atoms. The van der Waals surface area contributed by atoms with Crippen molar-refractivity contribution in [2.75, 3.05) is 12.4 Å². The van der Waals surface area contributed by atoms with Crippen LogP contribution in [0.1, 0.15) is 18.1 Å². The van der Waals surface area contributed by atoms with Gasteiger partial charge in [0, 0.05) is 31.2 Å². The molecule has 2 amide bonds. The summed E-state index contributed by atoms with van der Waals surface area (Å²) in [5.74, 6) is -0.168. The van der Waals surface area contributed by atoms with Gasteiger partial charge in [0.2, 0.25) is 11.8 Å². The molecule has 2 aromatic carbocycles. The molecule has 1 N–H and O–H groups in total. The molecular weight excluding hydrogens is 312 g/mol. The second-order valence-corrected chi connectivity index (χ2v) is 5.76. The summed E-state index contributed by atoms with van der Waals surface area (Å²) in [7, 11) is 1.73. The Morgan fingerprint density at radius 2 is 1.65 bits per heavy atom. The highest BCUT2D eigenvalue weighted by atomic mass is 35.5. The average Bonchev–Trinajstić information content (AvgIpc) is 2.51. The normalized spacial score (nSPS) is 10.2. The molecule has 5 heteroatoms. The van der Waals surface area contributed by atoms with Gasteiger partial charge in [-0.2, -0.15) is 0 Å². The van der Waals surface area contributed by atoms with Crippen LogP contribution in [0, 0.1) is 0 Å². The lowest BCUT2D eigenvalue weighted by molar-refractivity contribution is -0.128. The molecule has 0 aliphatic rings.